The number of H-pyrrole nitrogens is 2. The molecule has 0 amide bonds. The van der Waals surface area contributed by atoms with Crippen molar-refractivity contribution in [3.63, 3.8) is 0 Å². The van der Waals surface area contributed by atoms with Crippen molar-refractivity contribution in [2.45, 2.75) is 26.9 Å². The highest BCUT2D eigenvalue weighted by Gasteiger charge is 1.86. The maximum absolute atomic E-state index is 9.41. The molecule has 0 unspecified atom stereocenters. The summed E-state index contributed by atoms with van der Waals surface area (Å²) in [6.45, 7) is 9.15. The fourth-order valence-electron chi connectivity index (χ4n) is 1.13. The van der Waals surface area contributed by atoms with Crippen molar-refractivity contribution in [2.75, 3.05) is 0 Å². The summed E-state index contributed by atoms with van der Waals surface area (Å²) in [7, 11) is -4.78. The van der Waals surface area contributed by atoms with E-state index in [4.69, 9.17) is 0 Å². The molecule has 0 bridgehead atoms. The lowest BCUT2D eigenvalue weighted by atomic mass is 10.7. The summed E-state index contributed by atoms with van der Waals surface area (Å²) in [6, 6.07) is 0. The summed E-state index contributed by atoms with van der Waals surface area (Å²) in [4.78, 5) is 24.7. The van der Waals surface area contributed by atoms with Crippen molar-refractivity contribution in [1.82, 2.24) is 9.97 Å². The number of aromatic amines is 2. The van der Waals surface area contributed by atoms with Crippen LogP contribution in [0.15, 0.2) is 50.3 Å². The van der Waals surface area contributed by atoms with E-state index in [1.807, 2.05) is 37.4 Å². The summed E-state index contributed by atoms with van der Waals surface area (Å²) in [6.07, 6.45) is 12.2. The van der Waals surface area contributed by atoms with Crippen LogP contribution in [0, 0.1) is 0 Å². The molecule has 0 atom stereocenters. The Bertz CT molecular complexity index is 473. The van der Waals surface area contributed by atoms with Crippen LogP contribution >= 0.6 is 7.82 Å². The molecule has 8 nitrogen and oxygen atoms in total. The van der Waals surface area contributed by atoms with Crippen molar-refractivity contribution < 1.29 is 28.0 Å². The van der Waals surface area contributed by atoms with Gasteiger partial charge in [-0.1, -0.05) is 6.58 Å². The minimum Gasteiger partial charge on any atom is -0.780 e. The topological polar surface area (TPSA) is 112 Å². The fraction of sp³-hybridized carbons (Fsp3) is 0.333. The molecular weight excluding hydrogens is 295 g/mol. The minimum absolute atomic E-state index is 0.570. The molecule has 0 saturated heterocycles. The zero-order valence-corrected chi connectivity index (χ0v) is 13.0. The van der Waals surface area contributed by atoms with Crippen LogP contribution < -0.4 is 18.9 Å². The monoisotopic (exact) mass is 316 g/mol. The number of hydrogen-bond donors (Lipinski definition) is 2. The molecule has 0 radical (unpaired) electrons. The fourth-order valence-corrected chi connectivity index (χ4v) is 1.31. The second kappa shape index (κ2) is 10.8. The number of rotatable bonds is 4. The van der Waals surface area contributed by atoms with Crippen LogP contribution in [0.5, 0.6) is 0 Å². The van der Waals surface area contributed by atoms with Crippen molar-refractivity contribution in [3.8, 4) is 0 Å². The van der Waals surface area contributed by atoms with Gasteiger partial charge >= 0.3 is 0 Å². The maximum atomic E-state index is 9.41. The predicted molar refractivity (Wildman–Crippen MR) is 72.2 cm³/mol. The van der Waals surface area contributed by atoms with E-state index in [-0.39, 0.29) is 0 Å². The first-order valence-corrected chi connectivity index (χ1v) is 7.74. The molecule has 2 rings (SSSR count). The Labute approximate surface area is 124 Å². The molecule has 2 aromatic heterocycles. The Morgan fingerprint density at radius 3 is 1.67 bits per heavy atom. The lowest BCUT2D eigenvalue weighted by molar-refractivity contribution is -0.692. The first-order chi connectivity index (χ1) is 9.92. The molecule has 0 aliphatic heterocycles. The van der Waals surface area contributed by atoms with E-state index in [2.05, 4.69) is 44.1 Å². The summed E-state index contributed by atoms with van der Waals surface area (Å²) in [5.41, 5.74) is 0. The molecule has 9 heteroatoms. The Kier molecular flexibility index (Phi) is 9.87. The lowest BCUT2D eigenvalue weighted by Gasteiger charge is -2.26. The van der Waals surface area contributed by atoms with Gasteiger partial charge in [0.25, 0.3) is 0 Å². The summed E-state index contributed by atoms with van der Waals surface area (Å²) < 4.78 is 17.0. The number of phosphoric ester groups is 1. The van der Waals surface area contributed by atoms with Gasteiger partial charge in [-0.2, -0.15) is 0 Å². The largest absolute Gasteiger partial charge is 0.780 e. The third-order valence-corrected chi connectivity index (χ3v) is 2.55. The minimum atomic E-state index is -4.78. The SMILES string of the molecule is C=COP(=O)([O-])[O-].CC[n+]1cc[nH]c1.CC[n+]1cc[nH]c1. The highest BCUT2D eigenvalue weighted by Crippen LogP contribution is 2.23. The number of imidazole rings is 2. The molecule has 0 aliphatic carbocycles. The third-order valence-electron chi connectivity index (χ3n) is 2.14. The molecule has 0 aromatic carbocycles. The van der Waals surface area contributed by atoms with Crippen LogP contribution in [0.4, 0.5) is 0 Å². The van der Waals surface area contributed by atoms with Gasteiger partial charge in [0, 0.05) is 0 Å². The Balaban J connectivity index is 0.000000286. The normalized spacial score (nSPS) is 9.71. The van der Waals surface area contributed by atoms with Gasteiger partial charge in [0.05, 0.1) is 19.4 Å². The summed E-state index contributed by atoms with van der Waals surface area (Å²) >= 11 is 0. The maximum Gasteiger partial charge on any atom is 0.241 e. The van der Waals surface area contributed by atoms with Crippen molar-refractivity contribution in [1.29, 1.82) is 0 Å². The molecule has 0 spiro atoms. The van der Waals surface area contributed by atoms with E-state index in [0.29, 0.717) is 6.26 Å². The predicted octanol–water partition coefficient (Wildman–Crippen LogP) is -0.381. The molecular formula is C12H21N4O4P. The number of aromatic nitrogens is 4. The van der Waals surface area contributed by atoms with Crippen LogP contribution in [0.2, 0.25) is 0 Å². The van der Waals surface area contributed by atoms with E-state index in [1.165, 1.54) is 0 Å². The van der Waals surface area contributed by atoms with E-state index in [9.17, 15) is 14.4 Å². The van der Waals surface area contributed by atoms with Gasteiger partial charge in [-0.15, -0.1) is 0 Å². The lowest BCUT2D eigenvalue weighted by Crippen LogP contribution is -2.27. The second-order valence-corrected chi connectivity index (χ2v) is 4.71. The molecule has 2 N–H and O–H groups in total. The smallest absolute Gasteiger partial charge is 0.241 e. The van der Waals surface area contributed by atoms with Crippen molar-refractivity contribution in [3.05, 3.63) is 50.3 Å². The van der Waals surface area contributed by atoms with E-state index < -0.39 is 7.82 Å². The number of hydrogen-bond acceptors (Lipinski definition) is 4. The average molecular weight is 316 g/mol. The highest BCUT2D eigenvalue weighted by atomic mass is 31.2. The first-order valence-electron chi connectivity index (χ1n) is 6.28. The van der Waals surface area contributed by atoms with Crippen LogP contribution in [0.1, 0.15) is 13.8 Å². The summed E-state index contributed by atoms with van der Waals surface area (Å²) in [5.74, 6) is 0. The Morgan fingerprint density at radius 1 is 1.14 bits per heavy atom. The van der Waals surface area contributed by atoms with E-state index in [0.717, 1.165) is 13.1 Å². The molecule has 21 heavy (non-hydrogen) atoms. The van der Waals surface area contributed by atoms with Crippen molar-refractivity contribution in [2.24, 2.45) is 0 Å². The summed E-state index contributed by atoms with van der Waals surface area (Å²) in [5, 5.41) is 0. The quantitative estimate of drug-likeness (QED) is 0.455. The van der Waals surface area contributed by atoms with Gasteiger partial charge in [0.15, 0.2) is 0 Å². The zero-order valence-electron chi connectivity index (χ0n) is 12.1. The molecule has 118 valence electrons. The zero-order chi connectivity index (χ0) is 16.1. The van der Waals surface area contributed by atoms with Crippen LogP contribution in [0.25, 0.3) is 0 Å². The second-order valence-electron chi connectivity index (χ2n) is 3.60. The van der Waals surface area contributed by atoms with E-state index in [1.54, 1.807) is 0 Å². The molecule has 0 aliphatic rings. The highest BCUT2D eigenvalue weighted by molar-refractivity contribution is 7.43. The number of nitrogens with one attached hydrogen (secondary N) is 2. The van der Waals surface area contributed by atoms with Crippen LogP contribution in [-0.4, -0.2) is 9.97 Å². The first kappa shape index (κ1) is 19.1. The van der Waals surface area contributed by atoms with Gasteiger partial charge in [-0.25, -0.2) is 9.13 Å². The molecule has 2 aromatic rings. The Morgan fingerprint density at radius 2 is 1.57 bits per heavy atom. The third kappa shape index (κ3) is 11.6. The number of phosphoric acid groups is 1. The van der Waals surface area contributed by atoms with Crippen LogP contribution in [-0.2, 0) is 22.2 Å². The average Bonchev–Trinajstić information content (AvgIpc) is 3.12. The molecule has 0 fully saturated rings. The molecule has 0 saturated carbocycles. The van der Waals surface area contributed by atoms with E-state index >= 15 is 0 Å². The standard InChI is InChI=1S/2C5H8N2.C2H5O4P/c2*1-2-7-4-3-6-5-7;1-2-6-7(3,4)5/h2*3-5H,2H2,1H3;2H,1H2,(H2,3,4,5). The van der Waals surface area contributed by atoms with Gasteiger partial charge in [0.2, 0.25) is 12.7 Å². The van der Waals surface area contributed by atoms with Gasteiger partial charge < -0.3 is 18.9 Å². The Hall–Kier alpha value is -1.89. The molecule has 2 heterocycles. The van der Waals surface area contributed by atoms with Gasteiger partial charge in [-0.3, -0.25) is 9.97 Å². The van der Waals surface area contributed by atoms with Gasteiger partial charge in [-0.05, 0) is 13.8 Å². The number of aryl methyl sites for hydroxylation is 2. The number of nitrogens with zero attached hydrogens (tertiary/aromatic N) is 2. The van der Waals surface area contributed by atoms with Crippen LogP contribution in [0.3, 0.4) is 0 Å². The van der Waals surface area contributed by atoms with Crippen molar-refractivity contribution >= 4 is 7.82 Å². The van der Waals surface area contributed by atoms with Gasteiger partial charge in [0.1, 0.15) is 32.6 Å².